The molecule has 0 atom stereocenters. The number of guanidine groups is 1. The molecule has 1 aromatic heterocycles. The third kappa shape index (κ3) is 7.45. The Bertz CT molecular complexity index is 599. The molecular formula is C18H25IN4. The van der Waals surface area contributed by atoms with Gasteiger partial charge in [-0.3, -0.25) is 4.98 Å². The number of hydrogen-bond donors (Lipinski definition) is 2. The molecule has 1 aromatic carbocycles. The largest absolute Gasteiger partial charge is 0.357 e. The van der Waals surface area contributed by atoms with Crippen molar-refractivity contribution >= 4 is 29.9 Å². The summed E-state index contributed by atoms with van der Waals surface area (Å²) in [4.78, 5) is 8.95. The summed E-state index contributed by atoms with van der Waals surface area (Å²) in [5.41, 5.74) is 3.58. The Balaban J connectivity index is 0.00000264. The number of nitrogens with zero attached hydrogens (tertiary/aromatic N) is 2. The lowest BCUT2D eigenvalue weighted by molar-refractivity contribution is 0.788. The summed E-state index contributed by atoms with van der Waals surface area (Å²) < 4.78 is 0. The Kier molecular flexibility index (Phi) is 9.28. The van der Waals surface area contributed by atoms with Crippen LogP contribution in [0.3, 0.4) is 0 Å². The number of aryl methyl sites for hydroxylation is 1. The fourth-order valence-electron chi connectivity index (χ4n) is 2.18. The molecule has 2 N–H and O–H groups in total. The minimum Gasteiger partial charge on any atom is -0.357 e. The number of hydrogen-bond acceptors (Lipinski definition) is 2. The van der Waals surface area contributed by atoms with E-state index in [-0.39, 0.29) is 24.0 Å². The van der Waals surface area contributed by atoms with Gasteiger partial charge in [0.05, 0.1) is 6.54 Å². The summed E-state index contributed by atoms with van der Waals surface area (Å²) in [6.45, 7) is 6.52. The Morgan fingerprint density at radius 3 is 2.70 bits per heavy atom. The molecule has 2 rings (SSSR count). The second kappa shape index (κ2) is 11.0. The SMILES string of the molecule is CCNC(=NCc1cccc(C)c1)NCCc1ccccn1.I. The van der Waals surface area contributed by atoms with Gasteiger partial charge in [-0.05, 0) is 31.5 Å². The summed E-state index contributed by atoms with van der Waals surface area (Å²) in [5.74, 6) is 0.847. The molecule has 4 nitrogen and oxygen atoms in total. The summed E-state index contributed by atoms with van der Waals surface area (Å²) in [5, 5.41) is 6.63. The van der Waals surface area contributed by atoms with E-state index in [0.717, 1.165) is 31.2 Å². The molecule has 0 aliphatic heterocycles. The fourth-order valence-corrected chi connectivity index (χ4v) is 2.18. The minimum absolute atomic E-state index is 0. The van der Waals surface area contributed by atoms with Crippen molar-refractivity contribution in [2.75, 3.05) is 13.1 Å². The van der Waals surface area contributed by atoms with Gasteiger partial charge in [0.2, 0.25) is 0 Å². The molecular weight excluding hydrogens is 399 g/mol. The van der Waals surface area contributed by atoms with Crippen LogP contribution in [0.4, 0.5) is 0 Å². The summed E-state index contributed by atoms with van der Waals surface area (Å²) in [6.07, 6.45) is 2.71. The number of aliphatic imine (C=N–C) groups is 1. The van der Waals surface area contributed by atoms with Crippen LogP contribution in [0.15, 0.2) is 53.7 Å². The quantitative estimate of drug-likeness (QED) is 0.425. The Morgan fingerprint density at radius 2 is 2.00 bits per heavy atom. The molecule has 0 unspecified atom stereocenters. The minimum atomic E-state index is 0. The van der Waals surface area contributed by atoms with Crippen molar-refractivity contribution in [3.8, 4) is 0 Å². The van der Waals surface area contributed by atoms with Crippen molar-refractivity contribution in [3.63, 3.8) is 0 Å². The second-order valence-corrected chi connectivity index (χ2v) is 5.18. The first-order chi connectivity index (χ1) is 10.8. The topological polar surface area (TPSA) is 49.3 Å². The molecule has 2 aromatic rings. The third-order valence-corrected chi connectivity index (χ3v) is 3.25. The monoisotopic (exact) mass is 424 g/mol. The van der Waals surface area contributed by atoms with Crippen LogP contribution in [-0.4, -0.2) is 24.0 Å². The number of rotatable bonds is 6. The van der Waals surface area contributed by atoms with Gasteiger partial charge in [-0.15, -0.1) is 24.0 Å². The standard InChI is InChI=1S/C18H24N4.HI/c1-3-19-18(21-12-10-17-9-4-5-11-20-17)22-14-16-8-6-7-15(2)13-16;/h4-9,11,13H,3,10,12,14H2,1-2H3,(H2,19,21,22);1H. The molecule has 0 saturated heterocycles. The van der Waals surface area contributed by atoms with Crippen molar-refractivity contribution in [1.29, 1.82) is 0 Å². The molecule has 0 radical (unpaired) electrons. The predicted octanol–water partition coefficient (Wildman–Crippen LogP) is 3.31. The predicted molar refractivity (Wildman–Crippen MR) is 107 cm³/mol. The maximum atomic E-state index is 4.63. The highest BCUT2D eigenvalue weighted by molar-refractivity contribution is 14.0. The molecule has 1 heterocycles. The van der Waals surface area contributed by atoms with Gasteiger partial charge < -0.3 is 10.6 Å². The maximum absolute atomic E-state index is 4.63. The highest BCUT2D eigenvalue weighted by Gasteiger charge is 1.99. The number of pyridine rings is 1. The van der Waals surface area contributed by atoms with Gasteiger partial charge in [0.15, 0.2) is 5.96 Å². The van der Waals surface area contributed by atoms with Gasteiger partial charge in [-0.1, -0.05) is 35.9 Å². The second-order valence-electron chi connectivity index (χ2n) is 5.18. The summed E-state index contributed by atoms with van der Waals surface area (Å²) in [6, 6.07) is 14.4. The zero-order valence-electron chi connectivity index (χ0n) is 13.7. The van der Waals surface area contributed by atoms with Crippen LogP contribution < -0.4 is 10.6 Å². The van der Waals surface area contributed by atoms with Gasteiger partial charge in [0.1, 0.15) is 0 Å². The zero-order chi connectivity index (χ0) is 15.6. The average molecular weight is 424 g/mol. The molecule has 124 valence electrons. The van der Waals surface area contributed by atoms with E-state index >= 15 is 0 Å². The van der Waals surface area contributed by atoms with Crippen LogP contribution in [0.1, 0.15) is 23.7 Å². The molecule has 0 bridgehead atoms. The number of aromatic nitrogens is 1. The van der Waals surface area contributed by atoms with E-state index in [1.807, 2.05) is 24.4 Å². The van der Waals surface area contributed by atoms with Gasteiger partial charge >= 0.3 is 0 Å². The summed E-state index contributed by atoms with van der Waals surface area (Å²) in [7, 11) is 0. The first kappa shape index (κ1) is 19.4. The Hall–Kier alpha value is -1.63. The maximum Gasteiger partial charge on any atom is 0.191 e. The highest BCUT2D eigenvalue weighted by Crippen LogP contribution is 2.05. The van der Waals surface area contributed by atoms with E-state index in [2.05, 4.69) is 58.7 Å². The number of nitrogens with one attached hydrogen (secondary N) is 2. The smallest absolute Gasteiger partial charge is 0.191 e. The van der Waals surface area contributed by atoms with Crippen LogP contribution in [-0.2, 0) is 13.0 Å². The highest BCUT2D eigenvalue weighted by atomic mass is 127. The molecule has 0 amide bonds. The van der Waals surface area contributed by atoms with E-state index in [1.165, 1.54) is 11.1 Å². The van der Waals surface area contributed by atoms with Crippen molar-refractivity contribution < 1.29 is 0 Å². The molecule has 0 fully saturated rings. The fraction of sp³-hybridized carbons (Fsp3) is 0.333. The first-order valence-corrected chi connectivity index (χ1v) is 7.75. The van der Waals surface area contributed by atoms with E-state index in [4.69, 9.17) is 0 Å². The van der Waals surface area contributed by atoms with Crippen LogP contribution in [0, 0.1) is 6.92 Å². The Labute approximate surface area is 155 Å². The zero-order valence-corrected chi connectivity index (χ0v) is 16.1. The van der Waals surface area contributed by atoms with Gasteiger partial charge in [-0.25, -0.2) is 4.99 Å². The van der Waals surface area contributed by atoms with Crippen molar-refractivity contribution in [2.24, 2.45) is 4.99 Å². The van der Waals surface area contributed by atoms with Gasteiger partial charge in [0.25, 0.3) is 0 Å². The van der Waals surface area contributed by atoms with Gasteiger partial charge in [0, 0.05) is 31.4 Å². The lowest BCUT2D eigenvalue weighted by Gasteiger charge is -2.11. The normalized spacial score (nSPS) is 10.8. The lowest BCUT2D eigenvalue weighted by Crippen LogP contribution is -2.38. The van der Waals surface area contributed by atoms with Crippen LogP contribution in [0.5, 0.6) is 0 Å². The average Bonchev–Trinajstić information content (AvgIpc) is 2.54. The number of halogens is 1. The molecule has 0 saturated carbocycles. The molecule has 0 spiro atoms. The lowest BCUT2D eigenvalue weighted by atomic mass is 10.1. The summed E-state index contributed by atoms with van der Waals surface area (Å²) >= 11 is 0. The number of benzene rings is 1. The van der Waals surface area contributed by atoms with E-state index < -0.39 is 0 Å². The van der Waals surface area contributed by atoms with Crippen molar-refractivity contribution in [1.82, 2.24) is 15.6 Å². The molecule has 5 heteroatoms. The van der Waals surface area contributed by atoms with Crippen molar-refractivity contribution in [3.05, 3.63) is 65.5 Å². The van der Waals surface area contributed by atoms with Gasteiger partial charge in [-0.2, -0.15) is 0 Å². The Morgan fingerprint density at radius 1 is 1.13 bits per heavy atom. The van der Waals surface area contributed by atoms with Crippen LogP contribution >= 0.6 is 24.0 Å². The first-order valence-electron chi connectivity index (χ1n) is 7.75. The van der Waals surface area contributed by atoms with Crippen LogP contribution in [0.25, 0.3) is 0 Å². The van der Waals surface area contributed by atoms with Crippen molar-refractivity contribution in [2.45, 2.75) is 26.8 Å². The van der Waals surface area contributed by atoms with E-state index in [0.29, 0.717) is 6.54 Å². The molecule has 0 aliphatic carbocycles. The van der Waals surface area contributed by atoms with Crippen LogP contribution in [0.2, 0.25) is 0 Å². The third-order valence-electron chi connectivity index (χ3n) is 3.25. The molecule has 23 heavy (non-hydrogen) atoms. The van der Waals surface area contributed by atoms with E-state index in [9.17, 15) is 0 Å². The molecule has 0 aliphatic rings. The van der Waals surface area contributed by atoms with E-state index in [1.54, 1.807) is 0 Å².